The second kappa shape index (κ2) is 8.17. The van der Waals surface area contributed by atoms with Crippen molar-refractivity contribution in [3.63, 3.8) is 0 Å². The number of benzene rings is 2. The van der Waals surface area contributed by atoms with E-state index >= 15 is 0 Å². The van der Waals surface area contributed by atoms with Gasteiger partial charge in [0.2, 0.25) is 0 Å². The molecular weight excluding hydrogens is 422 g/mol. The van der Waals surface area contributed by atoms with E-state index in [4.69, 9.17) is 16.3 Å². The standard InChI is InChI=1S/C18H16ClN3O4S2/c1-11-16(17(23)21-14-10-12(19)8-9-15(14)26-2)27-18(20-11)22-28(24,25)13-6-4-3-5-7-13/h3-10H,1-2H3,(H,20,22)(H,21,23). The molecule has 2 N–H and O–H groups in total. The number of aromatic nitrogens is 1. The molecule has 0 atom stereocenters. The zero-order valence-corrected chi connectivity index (χ0v) is 17.3. The van der Waals surface area contributed by atoms with E-state index in [9.17, 15) is 13.2 Å². The summed E-state index contributed by atoms with van der Waals surface area (Å²) in [6.45, 7) is 1.63. The van der Waals surface area contributed by atoms with Gasteiger partial charge in [-0.1, -0.05) is 41.1 Å². The van der Waals surface area contributed by atoms with Gasteiger partial charge in [-0.15, -0.1) is 0 Å². The lowest BCUT2D eigenvalue weighted by molar-refractivity contribution is 0.102. The maximum Gasteiger partial charge on any atom is 0.267 e. The van der Waals surface area contributed by atoms with Crippen LogP contribution in [0.25, 0.3) is 0 Å². The zero-order valence-electron chi connectivity index (χ0n) is 14.9. The predicted molar refractivity (Wildman–Crippen MR) is 110 cm³/mol. The Kier molecular flexibility index (Phi) is 5.87. The van der Waals surface area contributed by atoms with Crippen molar-refractivity contribution in [2.75, 3.05) is 17.1 Å². The molecule has 0 saturated carbocycles. The fourth-order valence-electron chi connectivity index (χ4n) is 2.38. The van der Waals surface area contributed by atoms with Crippen molar-refractivity contribution in [3.8, 4) is 5.75 Å². The highest BCUT2D eigenvalue weighted by molar-refractivity contribution is 7.93. The molecule has 1 heterocycles. The molecule has 28 heavy (non-hydrogen) atoms. The number of sulfonamides is 1. The van der Waals surface area contributed by atoms with Crippen molar-refractivity contribution in [1.82, 2.24) is 4.98 Å². The second-order valence-electron chi connectivity index (χ2n) is 5.65. The number of nitrogens with zero attached hydrogens (tertiary/aromatic N) is 1. The first-order chi connectivity index (χ1) is 13.3. The SMILES string of the molecule is COc1ccc(Cl)cc1NC(=O)c1sc(NS(=O)(=O)c2ccccc2)nc1C. The van der Waals surface area contributed by atoms with Crippen molar-refractivity contribution in [2.24, 2.45) is 0 Å². The summed E-state index contributed by atoms with van der Waals surface area (Å²) < 4.78 is 32.5. The van der Waals surface area contributed by atoms with Crippen LogP contribution in [0.3, 0.4) is 0 Å². The predicted octanol–water partition coefficient (Wildman–Crippen LogP) is 4.17. The highest BCUT2D eigenvalue weighted by atomic mass is 35.5. The van der Waals surface area contributed by atoms with Gasteiger partial charge in [0, 0.05) is 5.02 Å². The Morgan fingerprint density at radius 3 is 2.57 bits per heavy atom. The average molecular weight is 438 g/mol. The molecule has 3 aromatic rings. The Balaban J connectivity index is 1.83. The summed E-state index contributed by atoms with van der Waals surface area (Å²) in [5.41, 5.74) is 0.800. The molecule has 0 unspecified atom stereocenters. The van der Waals surface area contributed by atoms with Crippen molar-refractivity contribution >= 4 is 49.7 Å². The molecule has 1 amide bonds. The van der Waals surface area contributed by atoms with Crippen LogP contribution in [0.2, 0.25) is 5.02 Å². The molecule has 0 aliphatic heterocycles. The third kappa shape index (κ3) is 4.44. The lowest BCUT2D eigenvalue weighted by Gasteiger charge is -2.09. The molecule has 0 bridgehead atoms. The molecule has 3 rings (SSSR count). The number of rotatable bonds is 6. The summed E-state index contributed by atoms with van der Waals surface area (Å²) >= 11 is 6.92. The third-order valence-corrected chi connectivity index (χ3v) is 6.48. The van der Waals surface area contributed by atoms with Crippen molar-refractivity contribution in [1.29, 1.82) is 0 Å². The smallest absolute Gasteiger partial charge is 0.267 e. The molecule has 7 nitrogen and oxygen atoms in total. The van der Waals surface area contributed by atoms with Crippen molar-refractivity contribution < 1.29 is 17.9 Å². The van der Waals surface area contributed by atoms with E-state index in [0.717, 1.165) is 11.3 Å². The van der Waals surface area contributed by atoms with Gasteiger partial charge >= 0.3 is 0 Å². The maximum absolute atomic E-state index is 12.6. The minimum absolute atomic E-state index is 0.101. The van der Waals surface area contributed by atoms with Gasteiger partial charge in [0.05, 0.1) is 23.4 Å². The Morgan fingerprint density at radius 1 is 1.18 bits per heavy atom. The average Bonchev–Trinajstić information content (AvgIpc) is 3.02. The molecule has 146 valence electrons. The van der Waals surface area contributed by atoms with Gasteiger partial charge in [0.25, 0.3) is 15.9 Å². The molecule has 0 aliphatic carbocycles. The van der Waals surface area contributed by atoms with Gasteiger partial charge < -0.3 is 10.1 Å². The number of amides is 1. The number of carbonyl (C=O) groups is 1. The van der Waals surface area contributed by atoms with Crippen LogP contribution in [0.4, 0.5) is 10.8 Å². The number of thiazole rings is 1. The maximum atomic E-state index is 12.6. The number of aryl methyl sites for hydroxylation is 1. The fraction of sp³-hybridized carbons (Fsp3) is 0.111. The number of hydrogen-bond acceptors (Lipinski definition) is 6. The van der Waals surface area contributed by atoms with E-state index in [1.54, 1.807) is 43.3 Å². The number of halogens is 1. The first-order valence-corrected chi connectivity index (χ1v) is 10.7. The van der Waals surface area contributed by atoms with Crippen LogP contribution in [-0.4, -0.2) is 26.4 Å². The van der Waals surface area contributed by atoms with E-state index in [2.05, 4.69) is 15.0 Å². The summed E-state index contributed by atoms with van der Waals surface area (Å²) in [5.74, 6) is 0.00523. The Bertz CT molecular complexity index is 1120. The van der Waals surface area contributed by atoms with Crippen LogP contribution < -0.4 is 14.8 Å². The number of methoxy groups -OCH3 is 1. The van der Waals surface area contributed by atoms with Crippen molar-refractivity contribution in [2.45, 2.75) is 11.8 Å². The highest BCUT2D eigenvalue weighted by Gasteiger charge is 2.21. The first-order valence-electron chi connectivity index (χ1n) is 8.00. The zero-order chi connectivity index (χ0) is 20.3. The Labute approximate surface area is 171 Å². The summed E-state index contributed by atoms with van der Waals surface area (Å²) in [6, 6.07) is 12.8. The molecule has 0 aliphatic rings. The van der Waals surface area contributed by atoms with Gasteiger partial charge in [-0.2, -0.15) is 0 Å². The molecule has 0 radical (unpaired) electrons. The van der Waals surface area contributed by atoms with Crippen LogP contribution in [0.15, 0.2) is 53.4 Å². The summed E-state index contributed by atoms with van der Waals surface area (Å²) in [7, 11) is -2.31. The Hall–Kier alpha value is -2.62. The molecule has 0 saturated heterocycles. The second-order valence-corrected chi connectivity index (χ2v) is 8.77. The molecule has 0 fully saturated rings. The van der Waals surface area contributed by atoms with Crippen LogP contribution in [-0.2, 0) is 10.0 Å². The number of nitrogens with one attached hydrogen (secondary N) is 2. The van der Waals surface area contributed by atoms with E-state index in [1.807, 2.05) is 0 Å². The van der Waals surface area contributed by atoms with Gasteiger partial charge in [-0.3, -0.25) is 9.52 Å². The Morgan fingerprint density at radius 2 is 1.89 bits per heavy atom. The summed E-state index contributed by atoms with van der Waals surface area (Å²) in [6.07, 6.45) is 0. The van der Waals surface area contributed by atoms with E-state index in [1.165, 1.54) is 19.2 Å². The highest BCUT2D eigenvalue weighted by Crippen LogP contribution is 2.30. The van der Waals surface area contributed by atoms with E-state index < -0.39 is 15.9 Å². The van der Waals surface area contributed by atoms with Gasteiger partial charge in [0.1, 0.15) is 10.6 Å². The van der Waals surface area contributed by atoms with Gasteiger partial charge in [-0.05, 0) is 37.3 Å². The number of hydrogen-bond donors (Lipinski definition) is 2. The van der Waals surface area contributed by atoms with Crippen LogP contribution in [0.5, 0.6) is 5.75 Å². The molecule has 1 aromatic heterocycles. The molecule has 10 heteroatoms. The largest absolute Gasteiger partial charge is 0.495 e. The number of ether oxygens (including phenoxy) is 1. The topological polar surface area (TPSA) is 97.4 Å². The fourth-order valence-corrected chi connectivity index (χ4v) is 4.67. The third-order valence-electron chi connectivity index (χ3n) is 3.69. The quantitative estimate of drug-likeness (QED) is 0.603. The van der Waals surface area contributed by atoms with Gasteiger partial charge in [0.15, 0.2) is 5.13 Å². The monoisotopic (exact) mass is 437 g/mol. The first kappa shape index (κ1) is 20.1. The summed E-state index contributed by atoms with van der Waals surface area (Å²) in [4.78, 5) is 17.2. The number of carbonyl (C=O) groups excluding carboxylic acids is 1. The van der Waals surface area contributed by atoms with Crippen LogP contribution in [0, 0.1) is 6.92 Å². The van der Waals surface area contributed by atoms with E-state index in [-0.39, 0.29) is 14.9 Å². The lowest BCUT2D eigenvalue weighted by Crippen LogP contribution is -2.12. The van der Waals surface area contributed by atoms with Crippen LogP contribution in [0.1, 0.15) is 15.4 Å². The minimum Gasteiger partial charge on any atom is -0.495 e. The van der Waals surface area contributed by atoms with Crippen molar-refractivity contribution in [3.05, 3.63) is 64.1 Å². The normalized spacial score (nSPS) is 11.1. The summed E-state index contributed by atoms with van der Waals surface area (Å²) in [5, 5.41) is 3.25. The molecular formula is C18H16ClN3O4S2. The van der Waals surface area contributed by atoms with Crippen LogP contribution >= 0.6 is 22.9 Å². The van der Waals surface area contributed by atoms with E-state index in [0.29, 0.717) is 22.2 Å². The molecule has 2 aromatic carbocycles. The minimum atomic E-state index is -3.79. The lowest BCUT2D eigenvalue weighted by atomic mass is 10.2. The number of anilines is 2. The van der Waals surface area contributed by atoms with Gasteiger partial charge in [-0.25, -0.2) is 13.4 Å². The molecule has 0 spiro atoms.